The van der Waals surface area contributed by atoms with Gasteiger partial charge in [-0.1, -0.05) is 39.8 Å². The number of carbonyl (C=O) groups excluding carboxylic acids is 1. The molecule has 2 nitrogen and oxygen atoms in total. The van der Waals surface area contributed by atoms with Crippen molar-refractivity contribution in [3.63, 3.8) is 0 Å². The minimum Gasteiger partial charge on any atom is -0.496 e. The van der Waals surface area contributed by atoms with Crippen LogP contribution in [0.4, 0.5) is 0 Å². The third-order valence-electron chi connectivity index (χ3n) is 3.52. The Morgan fingerprint density at radius 3 is 2.45 bits per heavy atom. The molecule has 0 amide bonds. The van der Waals surface area contributed by atoms with Gasteiger partial charge in [-0.25, -0.2) is 0 Å². The number of ether oxygens (including phenoxy) is 1. The topological polar surface area (TPSA) is 26.3 Å². The number of rotatable bonds is 7. The molecule has 0 radical (unpaired) electrons. The minimum atomic E-state index is 0.0688. The molecule has 0 saturated heterocycles. The summed E-state index contributed by atoms with van der Waals surface area (Å²) in [6.45, 7) is 8.63. The average Bonchev–Trinajstić information content (AvgIpc) is 2.38. The Morgan fingerprint density at radius 1 is 1.20 bits per heavy atom. The highest BCUT2D eigenvalue weighted by molar-refractivity contribution is 5.78. The lowest BCUT2D eigenvalue weighted by atomic mass is 9.85. The predicted molar refractivity (Wildman–Crippen MR) is 84.5 cm³/mol. The largest absolute Gasteiger partial charge is 0.496 e. The first-order chi connectivity index (χ1) is 9.38. The molecule has 0 bridgehead atoms. The first-order valence-corrected chi connectivity index (χ1v) is 7.57. The number of hydrogen-bond donors (Lipinski definition) is 0. The van der Waals surface area contributed by atoms with Crippen molar-refractivity contribution in [3.05, 3.63) is 29.3 Å². The predicted octanol–water partition coefficient (Wildman–Crippen LogP) is 4.68. The molecular formula is C18H28O2. The van der Waals surface area contributed by atoms with Gasteiger partial charge in [0.2, 0.25) is 0 Å². The highest BCUT2D eigenvalue weighted by atomic mass is 16.5. The van der Waals surface area contributed by atoms with Crippen LogP contribution < -0.4 is 4.74 Å². The quantitative estimate of drug-likeness (QED) is 0.722. The number of ketones is 1. The Kier molecular flexibility index (Phi) is 6.25. The van der Waals surface area contributed by atoms with E-state index in [0.29, 0.717) is 12.2 Å². The SMILES string of the molecule is CCCC(=O)CCCc1ccc(OC)c(C(C)(C)C)c1. The van der Waals surface area contributed by atoms with Crippen LogP contribution in [-0.2, 0) is 16.6 Å². The van der Waals surface area contributed by atoms with Crippen molar-refractivity contribution in [2.45, 2.75) is 65.2 Å². The Balaban J connectivity index is 2.70. The molecule has 20 heavy (non-hydrogen) atoms. The molecule has 0 heterocycles. The van der Waals surface area contributed by atoms with Crippen molar-refractivity contribution < 1.29 is 9.53 Å². The summed E-state index contributed by atoms with van der Waals surface area (Å²) in [6.07, 6.45) is 4.27. The van der Waals surface area contributed by atoms with Gasteiger partial charge in [0.15, 0.2) is 0 Å². The number of hydrogen-bond acceptors (Lipinski definition) is 2. The van der Waals surface area contributed by atoms with Gasteiger partial charge >= 0.3 is 0 Å². The van der Waals surface area contributed by atoms with Gasteiger partial charge in [0.25, 0.3) is 0 Å². The first-order valence-electron chi connectivity index (χ1n) is 7.57. The van der Waals surface area contributed by atoms with Gasteiger partial charge in [-0.15, -0.1) is 0 Å². The van der Waals surface area contributed by atoms with E-state index in [4.69, 9.17) is 4.74 Å². The van der Waals surface area contributed by atoms with E-state index < -0.39 is 0 Å². The van der Waals surface area contributed by atoms with Crippen LogP contribution in [0.2, 0.25) is 0 Å². The van der Waals surface area contributed by atoms with Crippen molar-refractivity contribution >= 4 is 5.78 Å². The summed E-state index contributed by atoms with van der Waals surface area (Å²) in [5, 5.41) is 0. The third kappa shape index (κ3) is 4.99. The summed E-state index contributed by atoms with van der Waals surface area (Å²) in [7, 11) is 1.72. The summed E-state index contributed by atoms with van der Waals surface area (Å²) in [5.74, 6) is 1.33. The Morgan fingerprint density at radius 2 is 1.90 bits per heavy atom. The van der Waals surface area contributed by atoms with Crippen LogP contribution in [0.5, 0.6) is 5.75 Å². The molecule has 0 unspecified atom stereocenters. The normalized spacial score (nSPS) is 11.4. The second-order valence-corrected chi connectivity index (χ2v) is 6.43. The van der Waals surface area contributed by atoms with Crippen molar-refractivity contribution in [1.29, 1.82) is 0 Å². The van der Waals surface area contributed by atoms with Gasteiger partial charge in [-0.3, -0.25) is 4.79 Å². The van der Waals surface area contributed by atoms with Gasteiger partial charge in [-0.2, -0.15) is 0 Å². The van der Waals surface area contributed by atoms with Gasteiger partial charge in [0.1, 0.15) is 11.5 Å². The van der Waals surface area contributed by atoms with Crippen LogP contribution in [0, 0.1) is 0 Å². The van der Waals surface area contributed by atoms with E-state index in [9.17, 15) is 4.79 Å². The highest BCUT2D eigenvalue weighted by Gasteiger charge is 2.19. The van der Waals surface area contributed by atoms with Gasteiger partial charge in [0.05, 0.1) is 7.11 Å². The van der Waals surface area contributed by atoms with E-state index in [-0.39, 0.29) is 5.41 Å². The summed E-state index contributed by atoms with van der Waals surface area (Å²) in [6, 6.07) is 6.38. The fourth-order valence-electron chi connectivity index (χ4n) is 2.39. The summed E-state index contributed by atoms with van der Waals surface area (Å²) >= 11 is 0. The maximum absolute atomic E-state index is 11.5. The number of aryl methyl sites for hydroxylation is 1. The zero-order valence-corrected chi connectivity index (χ0v) is 13.6. The standard InChI is InChI=1S/C18H28O2/c1-6-8-15(19)10-7-9-14-11-12-17(20-5)16(13-14)18(2,3)4/h11-13H,6-10H2,1-5H3. The average molecular weight is 276 g/mol. The lowest BCUT2D eigenvalue weighted by molar-refractivity contribution is -0.119. The number of methoxy groups -OCH3 is 1. The fraction of sp³-hybridized carbons (Fsp3) is 0.611. The van der Waals surface area contributed by atoms with Crippen LogP contribution in [0.15, 0.2) is 18.2 Å². The van der Waals surface area contributed by atoms with Crippen molar-refractivity contribution in [1.82, 2.24) is 0 Å². The molecule has 2 heteroatoms. The number of carbonyl (C=O) groups is 1. The van der Waals surface area contributed by atoms with E-state index in [2.05, 4.69) is 39.8 Å². The van der Waals surface area contributed by atoms with Gasteiger partial charge in [-0.05, 0) is 41.9 Å². The molecule has 0 atom stereocenters. The second-order valence-electron chi connectivity index (χ2n) is 6.43. The summed E-state index contributed by atoms with van der Waals surface area (Å²) in [5.41, 5.74) is 2.59. The van der Waals surface area contributed by atoms with Crippen LogP contribution in [0.3, 0.4) is 0 Å². The zero-order chi connectivity index (χ0) is 15.2. The molecule has 1 aromatic carbocycles. The third-order valence-corrected chi connectivity index (χ3v) is 3.52. The highest BCUT2D eigenvalue weighted by Crippen LogP contribution is 2.32. The first kappa shape index (κ1) is 16.7. The lowest BCUT2D eigenvalue weighted by Crippen LogP contribution is -2.13. The molecule has 0 aliphatic rings. The Bertz CT molecular complexity index is 441. The van der Waals surface area contributed by atoms with Crippen LogP contribution in [-0.4, -0.2) is 12.9 Å². The molecule has 112 valence electrons. The van der Waals surface area contributed by atoms with Crippen molar-refractivity contribution in [2.75, 3.05) is 7.11 Å². The van der Waals surface area contributed by atoms with E-state index in [1.165, 1.54) is 11.1 Å². The molecule has 0 aromatic heterocycles. The molecule has 0 aliphatic heterocycles. The smallest absolute Gasteiger partial charge is 0.132 e. The second kappa shape index (κ2) is 7.47. The molecular weight excluding hydrogens is 248 g/mol. The molecule has 0 aliphatic carbocycles. The Labute approximate surface area is 123 Å². The van der Waals surface area contributed by atoms with Crippen LogP contribution in [0.25, 0.3) is 0 Å². The van der Waals surface area contributed by atoms with E-state index in [0.717, 1.165) is 31.4 Å². The maximum atomic E-state index is 11.5. The Hall–Kier alpha value is -1.31. The summed E-state index contributed by atoms with van der Waals surface area (Å²) in [4.78, 5) is 11.5. The minimum absolute atomic E-state index is 0.0688. The van der Waals surface area contributed by atoms with E-state index in [1.54, 1.807) is 7.11 Å². The van der Waals surface area contributed by atoms with E-state index in [1.807, 2.05) is 6.07 Å². The molecule has 0 saturated carbocycles. The van der Waals surface area contributed by atoms with Crippen molar-refractivity contribution in [3.8, 4) is 5.75 Å². The zero-order valence-electron chi connectivity index (χ0n) is 13.6. The molecule has 1 rings (SSSR count). The summed E-state index contributed by atoms with van der Waals surface area (Å²) < 4.78 is 5.45. The monoisotopic (exact) mass is 276 g/mol. The van der Waals surface area contributed by atoms with E-state index >= 15 is 0 Å². The number of benzene rings is 1. The molecule has 0 spiro atoms. The maximum Gasteiger partial charge on any atom is 0.132 e. The van der Waals surface area contributed by atoms with Gasteiger partial charge in [0, 0.05) is 12.8 Å². The number of Topliss-reactive ketones (excluding diaryl/α,β-unsaturated/α-hetero) is 1. The van der Waals surface area contributed by atoms with Crippen molar-refractivity contribution in [2.24, 2.45) is 0 Å². The molecule has 0 N–H and O–H groups in total. The van der Waals surface area contributed by atoms with Gasteiger partial charge < -0.3 is 4.74 Å². The fourth-order valence-corrected chi connectivity index (χ4v) is 2.39. The van der Waals surface area contributed by atoms with Crippen LogP contribution >= 0.6 is 0 Å². The molecule has 0 fully saturated rings. The molecule has 1 aromatic rings. The van der Waals surface area contributed by atoms with Crippen LogP contribution in [0.1, 0.15) is 64.5 Å². The lowest BCUT2D eigenvalue weighted by Gasteiger charge is -2.23.